The number of carbonyl (C=O) groups excluding carboxylic acids is 4. The van der Waals surface area contributed by atoms with Gasteiger partial charge in [0.25, 0.3) is 11.7 Å². The molecule has 378 valence electrons. The Morgan fingerprint density at radius 1 is 0.926 bits per heavy atom. The zero-order valence-electron chi connectivity index (χ0n) is 42.6. The molecule has 2 N–H and O–H groups in total. The lowest BCUT2D eigenvalue weighted by molar-refractivity contribution is -0.302. The Balaban J connectivity index is 1.31. The number of methoxy groups -OCH3 is 3. The van der Waals surface area contributed by atoms with Gasteiger partial charge in [-0.25, -0.2) is 4.79 Å². The SMILES string of the molecule is CCC1C=C(C)CC(C)CC(OC)C2OC(O)(C(=O)C(=O)N3CCCCC3C(=O)OC(C(C)=CC3CCC(N(C)c4ccc5c(ccn5CC)c4)C(OC)C3)C(C)C(O)CC1=O)C(C)CC2OC. The number of allylic oxidation sites excluding steroid dienone is 3. The number of aliphatic hydroxyl groups is 2. The summed E-state index contributed by atoms with van der Waals surface area (Å²) in [7, 11) is 6.95. The number of aliphatic hydroxyl groups excluding tert-OH is 1. The van der Waals surface area contributed by atoms with E-state index in [1.807, 2.05) is 26.8 Å². The van der Waals surface area contributed by atoms with Crippen LogP contribution in [0.15, 0.2) is 53.8 Å². The average Bonchev–Trinajstić information content (AvgIpc) is 3.75. The molecule has 14 heteroatoms. The molecule has 3 fully saturated rings. The van der Waals surface area contributed by atoms with Crippen molar-refractivity contribution >= 4 is 40.0 Å². The molecule has 4 heterocycles. The normalized spacial score (nSPS) is 35.6. The van der Waals surface area contributed by atoms with Crippen molar-refractivity contribution in [3.8, 4) is 0 Å². The van der Waals surface area contributed by atoms with Crippen molar-refractivity contribution < 1.29 is 53.1 Å². The van der Waals surface area contributed by atoms with Gasteiger partial charge in [0.15, 0.2) is 0 Å². The monoisotopic (exact) mass is 948 g/mol. The number of hydrogen-bond donors (Lipinski definition) is 2. The molecular formula is C54H81N3O11. The number of hydrogen-bond acceptors (Lipinski definition) is 12. The van der Waals surface area contributed by atoms with E-state index in [4.69, 9.17) is 23.7 Å². The van der Waals surface area contributed by atoms with Crippen molar-refractivity contribution in [2.45, 2.75) is 180 Å². The quantitative estimate of drug-likeness (QED) is 0.144. The van der Waals surface area contributed by atoms with E-state index in [1.165, 1.54) is 15.8 Å². The summed E-state index contributed by atoms with van der Waals surface area (Å²) in [6.45, 7) is 14.5. The summed E-state index contributed by atoms with van der Waals surface area (Å²) in [5, 5.41) is 25.3. The zero-order valence-corrected chi connectivity index (χ0v) is 42.6. The summed E-state index contributed by atoms with van der Waals surface area (Å²) >= 11 is 0. The minimum atomic E-state index is -2.50. The summed E-state index contributed by atoms with van der Waals surface area (Å²) < 4.78 is 33.0. The van der Waals surface area contributed by atoms with Crippen molar-refractivity contribution in [2.75, 3.05) is 39.8 Å². The number of rotatable bonds is 9. The van der Waals surface area contributed by atoms with Crippen LogP contribution in [-0.2, 0) is 49.4 Å². The first kappa shape index (κ1) is 53.4. The third kappa shape index (κ3) is 11.6. The van der Waals surface area contributed by atoms with Gasteiger partial charge in [-0.3, -0.25) is 14.4 Å². The number of cyclic esters (lactones) is 1. The molecule has 2 bridgehead atoms. The van der Waals surface area contributed by atoms with Crippen LogP contribution < -0.4 is 4.90 Å². The zero-order chi connectivity index (χ0) is 49.6. The summed E-state index contributed by atoms with van der Waals surface area (Å²) in [5.74, 6) is -7.37. The summed E-state index contributed by atoms with van der Waals surface area (Å²) in [4.78, 5) is 61.0. The van der Waals surface area contributed by atoms with E-state index in [0.717, 1.165) is 36.2 Å². The number of carbonyl (C=O) groups is 4. The molecule has 6 rings (SSSR count). The predicted molar refractivity (Wildman–Crippen MR) is 262 cm³/mol. The fourth-order valence-electron chi connectivity index (χ4n) is 11.7. The van der Waals surface area contributed by atoms with Crippen molar-refractivity contribution in [1.29, 1.82) is 0 Å². The second-order valence-corrected chi connectivity index (χ2v) is 20.6. The van der Waals surface area contributed by atoms with E-state index < -0.39 is 77.8 Å². The van der Waals surface area contributed by atoms with Crippen LogP contribution in [0.2, 0.25) is 0 Å². The van der Waals surface area contributed by atoms with Gasteiger partial charge in [-0.15, -0.1) is 0 Å². The van der Waals surface area contributed by atoms with E-state index >= 15 is 0 Å². The molecule has 68 heavy (non-hydrogen) atoms. The fourth-order valence-corrected chi connectivity index (χ4v) is 11.7. The van der Waals surface area contributed by atoms with E-state index in [0.29, 0.717) is 38.5 Å². The van der Waals surface area contributed by atoms with Gasteiger partial charge in [0.05, 0.1) is 30.5 Å². The molecule has 2 aromatic rings. The van der Waals surface area contributed by atoms with E-state index in [2.05, 4.69) is 66.9 Å². The molecule has 1 aromatic heterocycles. The first-order valence-electron chi connectivity index (χ1n) is 25.3. The molecule has 2 saturated heterocycles. The minimum absolute atomic E-state index is 0.0340. The van der Waals surface area contributed by atoms with Crippen LogP contribution in [0, 0.1) is 29.6 Å². The second-order valence-electron chi connectivity index (χ2n) is 20.6. The summed E-state index contributed by atoms with van der Waals surface area (Å²) in [6.07, 6.45) is 7.49. The highest BCUT2D eigenvalue weighted by Gasteiger charge is 2.56. The van der Waals surface area contributed by atoms with Crippen LogP contribution in [0.5, 0.6) is 0 Å². The van der Waals surface area contributed by atoms with Gasteiger partial charge < -0.3 is 48.3 Å². The van der Waals surface area contributed by atoms with Gasteiger partial charge in [0.1, 0.15) is 24.0 Å². The number of benzene rings is 1. The molecule has 1 saturated carbocycles. The smallest absolute Gasteiger partial charge is 0.329 e. The number of Topliss-reactive ketones (excluding diaryl/α,β-unsaturated/α-hetero) is 2. The molecule has 1 aliphatic carbocycles. The number of aryl methyl sites for hydroxylation is 1. The molecule has 14 atom stereocenters. The van der Waals surface area contributed by atoms with Gasteiger partial charge >= 0.3 is 5.97 Å². The fraction of sp³-hybridized carbons (Fsp3) is 0.704. The van der Waals surface area contributed by atoms with Crippen molar-refractivity contribution in [3.05, 3.63) is 53.8 Å². The third-order valence-corrected chi connectivity index (χ3v) is 15.9. The molecule has 1 amide bonds. The van der Waals surface area contributed by atoms with Gasteiger partial charge in [-0.2, -0.15) is 0 Å². The minimum Gasteiger partial charge on any atom is -0.456 e. The molecule has 3 aliphatic heterocycles. The molecular weight excluding hydrogens is 867 g/mol. The number of ether oxygens (including phenoxy) is 5. The number of aromatic nitrogens is 1. The van der Waals surface area contributed by atoms with Gasteiger partial charge in [0, 0.05) is 88.4 Å². The molecule has 0 radical (unpaired) electrons. The van der Waals surface area contributed by atoms with Crippen LogP contribution in [-0.4, -0.2) is 133 Å². The largest absolute Gasteiger partial charge is 0.456 e. The molecule has 14 unspecified atom stereocenters. The van der Waals surface area contributed by atoms with Gasteiger partial charge in [-0.05, 0) is 127 Å². The van der Waals surface area contributed by atoms with E-state index in [9.17, 15) is 29.4 Å². The predicted octanol–water partition coefficient (Wildman–Crippen LogP) is 7.59. The second kappa shape index (κ2) is 23.3. The maximum absolute atomic E-state index is 14.6. The summed E-state index contributed by atoms with van der Waals surface area (Å²) in [6, 6.07) is 7.71. The standard InChI is InChI=1S/C54H81N3O11/c1-12-38-25-32(3)24-33(4)26-47(65-10)50-48(66-11)28-35(6)54(63,68-50)51(60)52(61)57-22-15-14-16-43(57)53(62)67-49(36(7)44(58)31-45(38)59)34(5)27-37-17-19-42(46(29-37)64-9)55(8)40-18-20-41-39(30-40)21-23-56(41)13-2/h18,20-21,23,25,27,30,33,35-38,42-44,46-50,58,63H,12-17,19,22,24,26,28-29,31H2,1-11H3. The van der Waals surface area contributed by atoms with Crippen LogP contribution in [0.1, 0.15) is 119 Å². The Kier molecular flexibility index (Phi) is 18.3. The number of piperidine rings is 1. The van der Waals surface area contributed by atoms with E-state index in [1.54, 1.807) is 35.2 Å². The van der Waals surface area contributed by atoms with Crippen LogP contribution in [0.3, 0.4) is 0 Å². The lowest BCUT2D eigenvalue weighted by Crippen LogP contribution is -2.64. The molecule has 14 nitrogen and oxygen atoms in total. The summed E-state index contributed by atoms with van der Waals surface area (Å²) in [5.41, 5.74) is 4.05. The maximum atomic E-state index is 14.6. The number of amides is 1. The Bertz CT molecular complexity index is 2130. The number of likely N-dealkylation sites (N-methyl/N-ethyl adjacent to an activating group) is 1. The number of ketones is 2. The number of esters is 1. The lowest BCUT2D eigenvalue weighted by Gasteiger charge is -2.47. The molecule has 1 aromatic carbocycles. The highest BCUT2D eigenvalue weighted by atomic mass is 16.7. The Morgan fingerprint density at radius 2 is 1.63 bits per heavy atom. The molecule has 4 aliphatic rings. The number of anilines is 1. The lowest BCUT2D eigenvalue weighted by atomic mass is 9.80. The third-order valence-electron chi connectivity index (χ3n) is 15.9. The van der Waals surface area contributed by atoms with Crippen LogP contribution in [0.4, 0.5) is 5.69 Å². The Hall–Kier alpha value is -3.92. The Labute approximate surface area is 404 Å². The topological polar surface area (TPSA) is 166 Å². The molecule has 0 spiro atoms. The van der Waals surface area contributed by atoms with Crippen molar-refractivity contribution in [1.82, 2.24) is 9.47 Å². The first-order chi connectivity index (χ1) is 32.4. The maximum Gasteiger partial charge on any atom is 0.329 e. The van der Waals surface area contributed by atoms with Crippen molar-refractivity contribution in [2.24, 2.45) is 29.6 Å². The van der Waals surface area contributed by atoms with Crippen molar-refractivity contribution in [3.63, 3.8) is 0 Å². The number of nitrogens with zero attached hydrogens (tertiary/aromatic N) is 3. The van der Waals surface area contributed by atoms with Crippen LogP contribution >= 0.6 is 0 Å². The Morgan fingerprint density at radius 3 is 2.31 bits per heavy atom. The average molecular weight is 948 g/mol. The van der Waals surface area contributed by atoms with Crippen LogP contribution in [0.25, 0.3) is 10.9 Å². The van der Waals surface area contributed by atoms with Gasteiger partial charge in [0.2, 0.25) is 5.79 Å². The van der Waals surface area contributed by atoms with E-state index in [-0.39, 0.29) is 55.6 Å². The highest BCUT2D eigenvalue weighted by Crippen LogP contribution is 2.40. The van der Waals surface area contributed by atoms with Gasteiger partial charge in [-0.1, -0.05) is 45.4 Å². The highest BCUT2D eigenvalue weighted by molar-refractivity contribution is 6.39. The first-order valence-corrected chi connectivity index (χ1v) is 25.3. The number of fused-ring (bicyclic) bond motifs is 4.